The van der Waals surface area contributed by atoms with Crippen LogP contribution >= 0.6 is 0 Å². The van der Waals surface area contributed by atoms with E-state index >= 15 is 0 Å². The van der Waals surface area contributed by atoms with Gasteiger partial charge in [0.1, 0.15) is 18.3 Å². The van der Waals surface area contributed by atoms with E-state index in [2.05, 4.69) is 0 Å². The van der Waals surface area contributed by atoms with Crippen LogP contribution in [0.25, 0.3) is 0 Å². The smallest absolute Gasteiger partial charge is 0.335 e. The first kappa shape index (κ1) is 17.5. The number of hydrogen-bond acceptors (Lipinski definition) is 9. The minimum Gasteiger partial charge on any atom is -0.479 e. The SMILES string of the molecule is O=C(O)[C@H]1OC(O)C[C@@H](O)[C@@H]1OC1CC(O)[C@H](O)C(CO)O1. The molecule has 2 fully saturated rings. The topological polar surface area (TPSA) is 166 Å². The molecule has 22 heavy (non-hydrogen) atoms. The van der Waals surface area contributed by atoms with Crippen molar-refractivity contribution < 1.29 is 49.6 Å². The fourth-order valence-corrected chi connectivity index (χ4v) is 2.53. The fraction of sp³-hybridized carbons (Fsp3) is 0.917. The molecule has 0 bridgehead atoms. The van der Waals surface area contributed by atoms with Crippen LogP contribution in [0.3, 0.4) is 0 Å². The lowest BCUT2D eigenvalue weighted by atomic mass is 9.99. The van der Waals surface area contributed by atoms with E-state index in [1.54, 1.807) is 0 Å². The van der Waals surface area contributed by atoms with Crippen molar-refractivity contribution >= 4 is 5.97 Å². The Hall–Kier alpha value is -0.850. The van der Waals surface area contributed by atoms with Crippen molar-refractivity contribution in [3.05, 3.63) is 0 Å². The molecule has 0 amide bonds. The first-order valence-corrected chi connectivity index (χ1v) is 6.85. The minimum absolute atomic E-state index is 0.171. The lowest BCUT2D eigenvalue weighted by Gasteiger charge is -2.41. The predicted molar refractivity (Wildman–Crippen MR) is 66.4 cm³/mol. The Balaban J connectivity index is 2.05. The number of hydrogen-bond donors (Lipinski definition) is 6. The van der Waals surface area contributed by atoms with Crippen LogP contribution in [0.15, 0.2) is 0 Å². The fourth-order valence-electron chi connectivity index (χ4n) is 2.53. The summed E-state index contributed by atoms with van der Waals surface area (Å²) in [7, 11) is 0. The Morgan fingerprint density at radius 3 is 2.36 bits per heavy atom. The lowest BCUT2D eigenvalue weighted by molar-refractivity contribution is -0.311. The molecule has 128 valence electrons. The Kier molecular flexibility index (Phi) is 5.69. The normalized spacial score (nSPS) is 46.4. The van der Waals surface area contributed by atoms with Crippen molar-refractivity contribution in [2.75, 3.05) is 6.61 Å². The summed E-state index contributed by atoms with van der Waals surface area (Å²) in [6.07, 6.45) is -10.9. The van der Waals surface area contributed by atoms with Gasteiger partial charge in [0, 0.05) is 12.8 Å². The Labute approximate surface area is 125 Å². The predicted octanol–water partition coefficient (Wildman–Crippen LogP) is -3.25. The van der Waals surface area contributed by atoms with Gasteiger partial charge in [-0.15, -0.1) is 0 Å². The third-order valence-electron chi connectivity index (χ3n) is 3.69. The van der Waals surface area contributed by atoms with Gasteiger partial charge in [0.05, 0.1) is 18.8 Å². The van der Waals surface area contributed by atoms with Crippen LogP contribution in [-0.2, 0) is 19.0 Å². The molecule has 10 nitrogen and oxygen atoms in total. The maximum Gasteiger partial charge on any atom is 0.335 e. The highest BCUT2D eigenvalue weighted by Crippen LogP contribution is 2.28. The van der Waals surface area contributed by atoms with Crippen LogP contribution < -0.4 is 0 Å². The van der Waals surface area contributed by atoms with Crippen molar-refractivity contribution in [1.29, 1.82) is 0 Å². The highest BCUT2D eigenvalue weighted by molar-refractivity contribution is 5.73. The molecule has 2 rings (SSSR count). The van der Waals surface area contributed by atoms with Gasteiger partial charge in [0.2, 0.25) is 0 Å². The second kappa shape index (κ2) is 7.15. The summed E-state index contributed by atoms with van der Waals surface area (Å²) in [6, 6.07) is 0. The van der Waals surface area contributed by atoms with Crippen LogP contribution in [0.1, 0.15) is 12.8 Å². The molecular formula is C12H20O10. The van der Waals surface area contributed by atoms with Crippen LogP contribution in [-0.4, -0.2) is 92.4 Å². The summed E-state index contributed by atoms with van der Waals surface area (Å²) in [5.41, 5.74) is 0. The van der Waals surface area contributed by atoms with Crippen LogP contribution in [0.5, 0.6) is 0 Å². The number of carboxylic acids is 1. The molecule has 0 aromatic carbocycles. The second-order valence-corrected chi connectivity index (χ2v) is 5.33. The van der Waals surface area contributed by atoms with Gasteiger partial charge in [-0.25, -0.2) is 4.79 Å². The van der Waals surface area contributed by atoms with Gasteiger partial charge in [0.25, 0.3) is 0 Å². The summed E-state index contributed by atoms with van der Waals surface area (Å²) >= 11 is 0. The molecule has 2 saturated heterocycles. The number of rotatable bonds is 4. The minimum atomic E-state index is -1.61. The molecule has 2 heterocycles. The standard InChI is InChI=1S/C12H20O10/c13-3-6-9(17)4(14)2-8(20-6)22-10-5(15)1-7(16)21-11(10)12(18)19/h4-11,13-17H,1-3H2,(H,18,19)/t4?,5-,6?,7?,8?,9+,10+,11+/m1/s1. The molecule has 0 saturated carbocycles. The van der Waals surface area contributed by atoms with Gasteiger partial charge in [-0.3, -0.25) is 0 Å². The number of aliphatic hydroxyl groups is 5. The molecule has 0 aromatic rings. The van der Waals surface area contributed by atoms with E-state index in [1.807, 2.05) is 0 Å². The third-order valence-corrected chi connectivity index (χ3v) is 3.69. The highest BCUT2D eigenvalue weighted by atomic mass is 16.7. The van der Waals surface area contributed by atoms with E-state index in [1.165, 1.54) is 0 Å². The largest absolute Gasteiger partial charge is 0.479 e. The highest BCUT2D eigenvalue weighted by Gasteiger charge is 2.46. The first-order valence-electron chi connectivity index (χ1n) is 6.85. The van der Waals surface area contributed by atoms with Crippen molar-refractivity contribution in [1.82, 2.24) is 0 Å². The van der Waals surface area contributed by atoms with Gasteiger partial charge in [-0.2, -0.15) is 0 Å². The quantitative estimate of drug-likeness (QED) is 0.309. The summed E-state index contributed by atoms with van der Waals surface area (Å²) in [6.45, 7) is -0.567. The number of ether oxygens (including phenoxy) is 3. The van der Waals surface area contributed by atoms with Gasteiger partial charge in [0.15, 0.2) is 18.7 Å². The van der Waals surface area contributed by atoms with Crippen LogP contribution in [0, 0.1) is 0 Å². The summed E-state index contributed by atoms with van der Waals surface area (Å²) in [4.78, 5) is 11.1. The van der Waals surface area contributed by atoms with Crippen molar-refractivity contribution in [2.45, 2.75) is 62.0 Å². The maximum absolute atomic E-state index is 11.1. The number of carbonyl (C=O) groups is 1. The zero-order valence-electron chi connectivity index (χ0n) is 11.6. The molecule has 0 aromatic heterocycles. The molecule has 2 aliphatic rings. The van der Waals surface area contributed by atoms with E-state index in [0.717, 1.165) is 0 Å². The summed E-state index contributed by atoms with van der Waals surface area (Å²) in [5, 5.41) is 56.7. The van der Waals surface area contributed by atoms with Crippen molar-refractivity contribution in [3.63, 3.8) is 0 Å². The Morgan fingerprint density at radius 1 is 1.09 bits per heavy atom. The van der Waals surface area contributed by atoms with E-state index in [9.17, 15) is 25.2 Å². The molecule has 0 aliphatic carbocycles. The van der Waals surface area contributed by atoms with Gasteiger partial charge >= 0.3 is 5.97 Å². The Morgan fingerprint density at radius 2 is 1.77 bits per heavy atom. The van der Waals surface area contributed by atoms with Crippen LogP contribution in [0.2, 0.25) is 0 Å². The molecular weight excluding hydrogens is 304 g/mol. The number of aliphatic hydroxyl groups excluding tert-OH is 5. The monoisotopic (exact) mass is 324 g/mol. The van der Waals surface area contributed by atoms with Crippen LogP contribution in [0.4, 0.5) is 0 Å². The van der Waals surface area contributed by atoms with E-state index in [4.69, 9.17) is 24.4 Å². The van der Waals surface area contributed by atoms with E-state index in [-0.39, 0.29) is 12.8 Å². The Bertz CT molecular complexity index is 390. The lowest BCUT2D eigenvalue weighted by Crippen LogP contribution is -2.57. The van der Waals surface area contributed by atoms with E-state index < -0.39 is 61.8 Å². The molecule has 2 aliphatic heterocycles. The number of aliphatic carboxylic acids is 1. The van der Waals surface area contributed by atoms with Crippen molar-refractivity contribution in [3.8, 4) is 0 Å². The molecule has 8 atom stereocenters. The second-order valence-electron chi connectivity index (χ2n) is 5.33. The molecule has 4 unspecified atom stereocenters. The maximum atomic E-state index is 11.1. The van der Waals surface area contributed by atoms with Gasteiger partial charge in [-0.05, 0) is 0 Å². The first-order chi connectivity index (χ1) is 10.3. The molecule has 6 N–H and O–H groups in total. The van der Waals surface area contributed by atoms with Gasteiger partial charge < -0.3 is 44.8 Å². The van der Waals surface area contributed by atoms with Crippen molar-refractivity contribution in [2.24, 2.45) is 0 Å². The van der Waals surface area contributed by atoms with Gasteiger partial charge in [-0.1, -0.05) is 0 Å². The summed E-state index contributed by atoms with van der Waals surface area (Å²) in [5.74, 6) is -1.43. The zero-order valence-corrected chi connectivity index (χ0v) is 11.6. The average Bonchev–Trinajstić information content (AvgIpc) is 2.44. The average molecular weight is 324 g/mol. The summed E-state index contributed by atoms with van der Waals surface area (Å²) < 4.78 is 15.4. The molecule has 0 radical (unpaired) electrons. The molecule has 10 heteroatoms. The zero-order chi connectivity index (χ0) is 16.4. The molecule has 0 spiro atoms. The number of carboxylic acid groups (broad SMARTS) is 1. The third kappa shape index (κ3) is 3.73. The van der Waals surface area contributed by atoms with E-state index in [0.29, 0.717) is 0 Å².